The summed E-state index contributed by atoms with van der Waals surface area (Å²) in [4.78, 5) is 29.7. The third-order valence-corrected chi connectivity index (χ3v) is 4.06. The average molecular weight is 331 g/mol. The molecule has 1 unspecified atom stereocenters. The number of carbonyl (C=O) groups is 2. The van der Waals surface area contributed by atoms with Crippen LogP contribution in [-0.4, -0.2) is 41.5 Å². The summed E-state index contributed by atoms with van der Waals surface area (Å²) in [6, 6.07) is 1.49. The molecule has 1 atom stereocenters. The molecule has 0 aliphatic carbocycles. The lowest BCUT2D eigenvalue weighted by atomic mass is 9.97. The fourth-order valence-corrected chi connectivity index (χ4v) is 2.60. The van der Waals surface area contributed by atoms with Crippen LogP contribution in [0.2, 0.25) is 10.2 Å². The van der Waals surface area contributed by atoms with Gasteiger partial charge in [-0.3, -0.25) is 9.59 Å². The Bertz CT molecular complexity index is 551. The van der Waals surface area contributed by atoms with Gasteiger partial charge in [0.2, 0.25) is 0 Å². The quantitative estimate of drug-likeness (QED) is 0.631. The van der Waals surface area contributed by atoms with Gasteiger partial charge in [0.1, 0.15) is 5.15 Å². The van der Waals surface area contributed by atoms with E-state index < -0.39 is 0 Å². The molecule has 1 aliphatic rings. The van der Waals surface area contributed by atoms with Crippen LogP contribution < -0.4 is 0 Å². The highest BCUT2D eigenvalue weighted by Gasteiger charge is 2.30. The third-order valence-electron chi connectivity index (χ3n) is 3.37. The lowest BCUT2D eigenvalue weighted by Gasteiger charge is -2.31. The van der Waals surface area contributed by atoms with Crippen molar-refractivity contribution >= 4 is 35.1 Å². The molecule has 0 N–H and O–H groups in total. The van der Waals surface area contributed by atoms with Crippen molar-refractivity contribution in [2.24, 2.45) is 5.92 Å². The molecule has 1 aromatic rings. The molecule has 1 aromatic heterocycles. The number of pyridine rings is 1. The summed E-state index contributed by atoms with van der Waals surface area (Å²) in [5, 5.41) is 0.401. The molecule has 1 aliphatic heterocycles. The highest BCUT2D eigenvalue weighted by molar-refractivity contribution is 6.41. The maximum Gasteiger partial charge on any atom is 0.310 e. The molecule has 2 rings (SSSR count). The molecule has 21 heavy (non-hydrogen) atoms. The van der Waals surface area contributed by atoms with Gasteiger partial charge in [-0.05, 0) is 25.8 Å². The molecule has 7 heteroatoms. The average Bonchev–Trinajstić information content (AvgIpc) is 2.49. The molecule has 0 spiro atoms. The van der Waals surface area contributed by atoms with Crippen molar-refractivity contribution in [1.82, 2.24) is 9.88 Å². The van der Waals surface area contributed by atoms with E-state index in [1.165, 1.54) is 12.3 Å². The summed E-state index contributed by atoms with van der Waals surface area (Å²) >= 11 is 11.6. The summed E-state index contributed by atoms with van der Waals surface area (Å²) in [6.45, 7) is 3.08. The lowest BCUT2D eigenvalue weighted by Crippen LogP contribution is -2.42. The maximum atomic E-state index is 12.4. The van der Waals surface area contributed by atoms with E-state index in [2.05, 4.69) is 4.98 Å². The number of amides is 1. The first-order valence-corrected chi connectivity index (χ1v) is 7.55. The van der Waals surface area contributed by atoms with E-state index >= 15 is 0 Å². The Morgan fingerprint density at radius 1 is 1.48 bits per heavy atom. The molecule has 2 heterocycles. The first kappa shape index (κ1) is 16.0. The molecule has 5 nitrogen and oxygen atoms in total. The van der Waals surface area contributed by atoms with Gasteiger partial charge >= 0.3 is 5.97 Å². The van der Waals surface area contributed by atoms with E-state index in [0.717, 1.165) is 12.8 Å². The summed E-state index contributed by atoms with van der Waals surface area (Å²) in [5.74, 6) is -0.712. The Labute approximate surface area is 133 Å². The van der Waals surface area contributed by atoms with Crippen LogP contribution in [0.15, 0.2) is 12.3 Å². The third kappa shape index (κ3) is 3.86. The van der Waals surface area contributed by atoms with Crippen molar-refractivity contribution in [1.29, 1.82) is 0 Å². The second kappa shape index (κ2) is 7.09. The summed E-state index contributed by atoms with van der Waals surface area (Å²) < 4.78 is 5.02. The number of aromatic nitrogens is 1. The van der Waals surface area contributed by atoms with Crippen molar-refractivity contribution in [3.63, 3.8) is 0 Å². The molecule has 0 radical (unpaired) electrons. The smallest absolute Gasteiger partial charge is 0.310 e. The van der Waals surface area contributed by atoms with E-state index in [9.17, 15) is 9.59 Å². The molecule has 0 bridgehead atoms. The van der Waals surface area contributed by atoms with Gasteiger partial charge in [0.05, 0.1) is 23.1 Å². The molecular weight excluding hydrogens is 315 g/mol. The molecule has 0 saturated carbocycles. The number of carbonyl (C=O) groups excluding carboxylic acids is 2. The van der Waals surface area contributed by atoms with Crippen molar-refractivity contribution in [3.05, 3.63) is 28.0 Å². The Morgan fingerprint density at radius 2 is 2.24 bits per heavy atom. The molecule has 1 fully saturated rings. The number of hydrogen-bond acceptors (Lipinski definition) is 4. The van der Waals surface area contributed by atoms with Crippen LogP contribution in [0.4, 0.5) is 0 Å². The second-order valence-electron chi connectivity index (χ2n) is 4.84. The second-order valence-corrected chi connectivity index (χ2v) is 5.60. The highest BCUT2D eigenvalue weighted by Crippen LogP contribution is 2.23. The maximum absolute atomic E-state index is 12.4. The van der Waals surface area contributed by atoms with Crippen LogP contribution in [0.5, 0.6) is 0 Å². The van der Waals surface area contributed by atoms with E-state index in [1.54, 1.807) is 11.8 Å². The van der Waals surface area contributed by atoms with Crippen LogP contribution in [0.25, 0.3) is 0 Å². The van der Waals surface area contributed by atoms with Crippen molar-refractivity contribution in [2.75, 3.05) is 19.7 Å². The zero-order valence-electron chi connectivity index (χ0n) is 11.6. The molecule has 1 amide bonds. The van der Waals surface area contributed by atoms with E-state index in [0.29, 0.717) is 25.3 Å². The van der Waals surface area contributed by atoms with E-state index in [-0.39, 0.29) is 28.0 Å². The van der Waals surface area contributed by atoms with Gasteiger partial charge in [0.15, 0.2) is 0 Å². The molecule has 0 aromatic carbocycles. The number of rotatable bonds is 3. The Kier molecular flexibility index (Phi) is 5.42. The minimum absolute atomic E-state index is 0.163. The van der Waals surface area contributed by atoms with E-state index in [4.69, 9.17) is 27.9 Å². The van der Waals surface area contributed by atoms with Gasteiger partial charge < -0.3 is 9.64 Å². The Morgan fingerprint density at radius 3 is 2.90 bits per heavy atom. The van der Waals surface area contributed by atoms with Gasteiger partial charge in [-0.15, -0.1) is 0 Å². The van der Waals surface area contributed by atoms with Crippen LogP contribution >= 0.6 is 23.2 Å². The SMILES string of the molecule is CCOC(=O)C1CCCN(C(=O)c2cnc(Cl)c(Cl)c2)C1. The minimum Gasteiger partial charge on any atom is -0.466 e. The summed E-state index contributed by atoms with van der Waals surface area (Å²) in [6.07, 6.45) is 2.90. The summed E-state index contributed by atoms with van der Waals surface area (Å²) in [5.41, 5.74) is 0.369. The number of ether oxygens (including phenoxy) is 1. The zero-order valence-corrected chi connectivity index (χ0v) is 13.2. The number of hydrogen-bond donors (Lipinski definition) is 0. The Balaban J connectivity index is 2.08. The normalized spacial score (nSPS) is 18.4. The standard InChI is InChI=1S/C14H16Cl2N2O3/c1-2-21-14(20)9-4-3-5-18(8-9)13(19)10-6-11(15)12(16)17-7-10/h6-7,9H,2-5,8H2,1H3. The predicted molar refractivity (Wildman–Crippen MR) is 79.5 cm³/mol. The van der Waals surface area contributed by atoms with Gasteiger partial charge in [0.25, 0.3) is 5.91 Å². The molecule has 114 valence electrons. The van der Waals surface area contributed by atoms with Gasteiger partial charge in [0, 0.05) is 19.3 Å². The van der Waals surface area contributed by atoms with Crippen LogP contribution in [0.1, 0.15) is 30.1 Å². The van der Waals surface area contributed by atoms with Gasteiger partial charge in [-0.25, -0.2) is 4.98 Å². The first-order chi connectivity index (χ1) is 10.0. The van der Waals surface area contributed by atoms with Crippen LogP contribution in [0, 0.1) is 5.92 Å². The van der Waals surface area contributed by atoms with Gasteiger partial charge in [-0.2, -0.15) is 0 Å². The van der Waals surface area contributed by atoms with Crippen molar-refractivity contribution < 1.29 is 14.3 Å². The fourth-order valence-electron chi connectivity index (χ4n) is 2.33. The topological polar surface area (TPSA) is 59.5 Å². The number of esters is 1. The van der Waals surface area contributed by atoms with Crippen LogP contribution in [0.3, 0.4) is 0 Å². The van der Waals surface area contributed by atoms with Crippen molar-refractivity contribution in [2.45, 2.75) is 19.8 Å². The Hall–Kier alpha value is -1.33. The monoisotopic (exact) mass is 330 g/mol. The van der Waals surface area contributed by atoms with Crippen LogP contribution in [-0.2, 0) is 9.53 Å². The largest absolute Gasteiger partial charge is 0.466 e. The summed E-state index contributed by atoms with van der Waals surface area (Å²) in [7, 11) is 0. The molecule has 1 saturated heterocycles. The van der Waals surface area contributed by atoms with E-state index in [1.807, 2.05) is 0 Å². The number of halogens is 2. The first-order valence-electron chi connectivity index (χ1n) is 6.80. The fraction of sp³-hybridized carbons (Fsp3) is 0.500. The number of piperidine rings is 1. The predicted octanol–water partition coefficient (Wildman–Crippen LogP) is 2.80. The zero-order chi connectivity index (χ0) is 15.4. The number of likely N-dealkylation sites (tertiary alicyclic amines) is 1. The highest BCUT2D eigenvalue weighted by atomic mass is 35.5. The molecular formula is C14H16Cl2N2O3. The minimum atomic E-state index is -0.265. The van der Waals surface area contributed by atoms with Gasteiger partial charge in [-0.1, -0.05) is 23.2 Å². The number of nitrogens with zero attached hydrogens (tertiary/aromatic N) is 2. The lowest BCUT2D eigenvalue weighted by molar-refractivity contribution is -0.149. The van der Waals surface area contributed by atoms with Crippen molar-refractivity contribution in [3.8, 4) is 0 Å².